The monoisotopic (exact) mass is 623 g/mol. The number of hydrogen-bond donors (Lipinski definition) is 6. The average molecular weight is 624 g/mol. The highest BCUT2D eigenvalue weighted by Crippen LogP contribution is 2.54. The number of anilines is 2. The van der Waals surface area contributed by atoms with Gasteiger partial charge in [0, 0.05) is 50.4 Å². The zero-order chi connectivity index (χ0) is 32.7. The maximum atomic E-state index is 14.1. The van der Waals surface area contributed by atoms with E-state index in [2.05, 4.69) is 10.2 Å². The first kappa shape index (κ1) is 31.1. The van der Waals surface area contributed by atoms with Crippen molar-refractivity contribution in [1.82, 2.24) is 9.80 Å². The highest BCUT2D eigenvalue weighted by atomic mass is 16.3. The Balaban J connectivity index is 1.40. The molecule has 7 N–H and O–H groups in total. The van der Waals surface area contributed by atoms with Gasteiger partial charge in [-0.15, -0.1) is 0 Å². The Hall–Kier alpha value is -3.94. The molecule has 0 spiro atoms. The number of nitrogens with two attached hydrogens (primary N) is 1. The number of amides is 2. The molecular formula is C32H41N5O8. The van der Waals surface area contributed by atoms with E-state index in [1.54, 1.807) is 39.2 Å². The van der Waals surface area contributed by atoms with Gasteiger partial charge in [0.15, 0.2) is 11.4 Å². The number of phenols is 1. The number of likely N-dealkylation sites (N-methyl/N-ethyl adjacent to an activating group) is 1. The van der Waals surface area contributed by atoms with E-state index in [1.807, 2.05) is 0 Å². The number of aliphatic hydroxyl groups is 3. The molecule has 1 heterocycles. The molecule has 1 aromatic carbocycles. The minimum Gasteiger partial charge on any atom is -0.508 e. The number of likely N-dealkylation sites (tertiary alicyclic amines) is 1. The molecular weight excluding hydrogens is 582 g/mol. The Labute approximate surface area is 261 Å². The highest BCUT2D eigenvalue weighted by molar-refractivity contribution is 6.24. The third-order valence-corrected chi connectivity index (χ3v) is 10.6. The van der Waals surface area contributed by atoms with Crippen LogP contribution in [0.25, 0.3) is 5.76 Å². The van der Waals surface area contributed by atoms with Crippen molar-refractivity contribution < 1.29 is 39.6 Å². The standard InChI is InChI=1S/C32H41N5O8/c1-35(2)20-11-19(34-31(44)15-12-37(13-15)16-7-5-6-8-16)25(38)22-17(20)9-14-10-18-24(36(3)4)27(40)23(30(33)43)29(42)32(18,45)28(41)21(14)26(22)39/h11,14-16,18,24,38-39,42,45H,5-10,12-13H2,1-4H3,(H2,33,43)(H,34,44)/t14-,18-,24-,32-/m0/s1. The van der Waals surface area contributed by atoms with Gasteiger partial charge in [-0.25, -0.2) is 0 Å². The second kappa shape index (κ2) is 10.8. The van der Waals surface area contributed by atoms with Crippen LogP contribution in [0, 0.1) is 17.8 Å². The highest BCUT2D eigenvalue weighted by Gasteiger charge is 2.64. The van der Waals surface area contributed by atoms with Crippen LogP contribution in [-0.2, 0) is 25.6 Å². The van der Waals surface area contributed by atoms with Crippen LogP contribution in [-0.4, -0.2) is 113 Å². The Morgan fingerprint density at radius 1 is 1.07 bits per heavy atom. The fourth-order valence-electron chi connectivity index (χ4n) is 8.27. The molecule has 4 atom stereocenters. The van der Waals surface area contributed by atoms with Crippen molar-refractivity contribution in [3.05, 3.63) is 34.1 Å². The van der Waals surface area contributed by atoms with Gasteiger partial charge in [0.2, 0.25) is 11.7 Å². The fraction of sp³-hybridized carbons (Fsp3) is 0.562. The zero-order valence-electron chi connectivity index (χ0n) is 26.0. The van der Waals surface area contributed by atoms with Crippen molar-refractivity contribution in [3.8, 4) is 5.75 Å². The van der Waals surface area contributed by atoms with Crippen molar-refractivity contribution in [3.63, 3.8) is 0 Å². The van der Waals surface area contributed by atoms with E-state index in [0.29, 0.717) is 30.4 Å². The van der Waals surface area contributed by atoms with Gasteiger partial charge in [-0.1, -0.05) is 12.8 Å². The second-order valence-corrected chi connectivity index (χ2v) is 13.6. The lowest BCUT2D eigenvalue weighted by Crippen LogP contribution is -2.65. The Morgan fingerprint density at radius 3 is 2.29 bits per heavy atom. The van der Waals surface area contributed by atoms with Crippen LogP contribution < -0.4 is 16.0 Å². The number of primary amides is 1. The van der Waals surface area contributed by atoms with E-state index >= 15 is 0 Å². The van der Waals surface area contributed by atoms with Crippen LogP contribution in [0.15, 0.2) is 23.0 Å². The molecule has 1 aliphatic heterocycles. The van der Waals surface area contributed by atoms with Crippen molar-refractivity contribution in [2.45, 2.75) is 56.2 Å². The molecule has 242 valence electrons. The van der Waals surface area contributed by atoms with Crippen LogP contribution in [0.5, 0.6) is 5.75 Å². The van der Waals surface area contributed by atoms with Gasteiger partial charge in [0.1, 0.15) is 22.8 Å². The summed E-state index contributed by atoms with van der Waals surface area (Å²) in [6.07, 6.45) is 4.83. The second-order valence-electron chi connectivity index (χ2n) is 13.6. The summed E-state index contributed by atoms with van der Waals surface area (Å²) in [6, 6.07) is 0.992. The lowest BCUT2D eigenvalue weighted by molar-refractivity contribution is -0.153. The number of nitrogens with zero attached hydrogens (tertiary/aromatic N) is 3. The number of Topliss-reactive ketones (excluding diaryl/α,β-unsaturated/α-hetero) is 2. The number of aromatic hydroxyl groups is 1. The van der Waals surface area contributed by atoms with Crippen LogP contribution in [0.2, 0.25) is 0 Å². The lowest BCUT2D eigenvalue weighted by Gasteiger charge is -2.50. The number of phenolic OH excluding ortho intramolecular Hbond substituents is 1. The third kappa shape index (κ3) is 4.54. The number of hydrogen-bond acceptors (Lipinski definition) is 11. The summed E-state index contributed by atoms with van der Waals surface area (Å²) < 4.78 is 0. The molecule has 13 heteroatoms. The molecule has 5 aliphatic rings. The predicted octanol–water partition coefficient (Wildman–Crippen LogP) is 0.843. The summed E-state index contributed by atoms with van der Waals surface area (Å²) in [4.78, 5) is 58.4. The first-order chi connectivity index (χ1) is 21.2. The Kier molecular flexibility index (Phi) is 7.49. The molecule has 0 unspecified atom stereocenters. The number of aliphatic hydroxyl groups excluding tert-OH is 2. The van der Waals surface area contributed by atoms with Gasteiger partial charge < -0.3 is 36.4 Å². The topological polar surface area (TPSA) is 197 Å². The fourth-order valence-corrected chi connectivity index (χ4v) is 8.27. The maximum absolute atomic E-state index is 14.1. The first-order valence-electron chi connectivity index (χ1n) is 15.4. The Morgan fingerprint density at radius 2 is 1.71 bits per heavy atom. The van der Waals surface area contributed by atoms with Crippen molar-refractivity contribution in [2.75, 3.05) is 51.5 Å². The third-order valence-electron chi connectivity index (χ3n) is 10.6. The molecule has 45 heavy (non-hydrogen) atoms. The summed E-state index contributed by atoms with van der Waals surface area (Å²) in [5.41, 5.74) is 2.72. The van der Waals surface area contributed by atoms with Gasteiger partial charge in [0.25, 0.3) is 5.91 Å². The average Bonchev–Trinajstić information content (AvgIpc) is 3.45. The number of fused-ring (bicyclic) bond motifs is 3. The van der Waals surface area contributed by atoms with Gasteiger partial charge in [0.05, 0.1) is 23.2 Å². The normalized spacial score (nSPS) is 29.0. The van der Waals surface area contributed by atoms with Gasteiger partial charge in [-0.05, 0) is 57.3 Å². The summed E-state index contributed by atoms with van der Waals surface area (Å²) in [5.74, 6) is -7.68. The van der Waals surface area contributed by atoms with E-state index in [-0.39, 0.29) is 41.5 Å². The van der Waals surface area contributed by atoms with E-state index in [0.717, 1.165) is 12.8 Å². The molecule has 1 saturated heterocycles. The minimum absolute atomic E-state index is 0.00292. The van der Waals surface area contributed by atoms with E-state index in [9.17, 15) is 39.6 Å². The molecule has 0 bridgehead atoms. The zero-order valence-corrected chi connectivity index (χ0v) is 26.0. The minimum atomic E-state index is -2.72. The summed E-state index contributed by atoms with van der Waals surface area (Å²) >= 11 is 0. The molecule has 2 saturated carbocycles. The van der Waals surface area contributed by atoms with Gasteiger partial charge in [-0.3, -0.25) is 29.0 Å². The summed E-state index contributed by atoms with van der Waals surface area (Å²) in [6.45, 7) is 1.27. The van der Waals surface area contributed by atoms with Gasteiger partial charge >= 0.3 is 0 Å². The van der Waals surface area contributed by atoms with Gasteiger partial charge in [-0.2, -0.15) is 0 Å². The molecule has 2 amide bonds. The van der Waals surface area contributed by atoms with Crippen LogP contribution >= 0.6 is 0 Å². The molecule has 13 nitrogen and oxygen atoms in total. The number of rotatable bonds is 6. The van der Waals surface area contributed by atoms with Crippen LogP contribution in [0.1, 0.15) is 43.2 Å². The molecule has 0 aromatic heterocycles. The molecule has 3 fully saturated rings. The molecule has 0 radical (unpaired) electrons. The number of ketones is 2. The van der Waals surface area contributed by atoms with Crippen LogP contribution in [0.3, 0.4) is 0 Å². The summed E-state index contributed by atoms with van der Waals surface area (Å²) in [7, 11) is 6.67. The molecule has 1 aromatic rings. The SMILES string of the molecule is CN(C)c1cc(NC(=O)C2CN(C3CCCC3)C2)c(O)c2c1C[C@H]1C[C@H]3[C@H](N(C)C)C(=O)C(C(N)=O)=C(O)[C@@]3(O)C(=O)C1=C2O. The van der Waals surface area contributed by atoms with Crippen LogP contribution in [0.4, 0.5) is 11.4 Å². The Bertz CT molecular complexity index is 1570. The smallest absolute Gasteiger partial charge is 0.255 e. The maximum Gasteiger partial charge on any atom is 0.255 e. The van der Waals surface area contributed by atoms with E-state index in [4.69, 9.17) is 5.73 Å². The van der Waals surface area contributed by atoms with Crippen molar-refractivity contribution >= 4 is 40.5 Å². The molecule has 6 rings (SSSR count). The van der Waals surface area contributed by atoms with Crippen molar-refractivity contribution in [2.24, 2.45) is 23.5 Å². The van der Waals surface area contributed by atoms with E-state index < -0.39 is 63.8 Å². The predicted molar refractivity (Wildman–Crippen MR) is 165 cm³/mol. The number of carbonyl (C=O) groups is 4. The number of benzene rings is 1. The van der Waals surface area contributed by atoms with E-state index in [1.165, 1.54) is 17.7 Å². The first-order valence-corrected chi connectivity index (χ1v) is 15.4. The quantitative estimate of drug-likeness (QED) is 0.194. The molecule has 4 aliphatic carbocycles. The largest absolute Gasteiger partial charge is 0.508 e. The number of nitrogens with one attached hydrogen (secondary N) is 1. The lowest BCUT2D eigenvalue weighted by atomic mass is 9.57. The van der Waals surface area contributed by atoms with Crippen molar-refractivity contribution in [1.29, 1.82) is 0 Å². The number of carbonyl (C=O) groups excluding carboxylic acids is 4. The summed E-state index contributed by atoms with van der Waals surface area (Å²) in [5, 5.41) is 48.9.